The highest BCUT2D eigenvalue weighted by Crippen LogP contribution is 2.01. The van der Waals surface area contributed by atoms with E-state index >= 15 is 0 Å². The molecule has 0 spiro atoms. The van der Waals surface area contributed by atoms with E-state index in [2.05, 4.69) is 67.7 Å². The third kappa shape index (κ3) is 20.3. The Morgan fingerprint density at radius 3 is 1.78 bits per heavy atom. The number of hydrogen-bond donors (Lipinski definition) is 1. The van der Waals surface area contributed by atoms with Crippen molar-refractivity contribution in [1.82, 2.24) is 0 Å². The minimum Gasteiger partial charge on any atom is -0.481 e. The molecule has 1 atom stereocenters. The molecular weight excluding hydrogens is 336 g/mol. The van der Waals surface area contributed by atoms with Crippen molar-refractivity contribution in [2.45, 2.75) is 65.2 Å². The van der Waals surface area contributed by atoms with Crippen LogP contribution in [0.5, 0.6) is 0 Å². The molecule has 0 saturated heterocycles. The second-order valence-electron chi connectivity index (χ2n) is 6.52. The van der Waals surface area contributed by atoms with Crippen LogP contribution in [0, 0.1) is 5.92 Å². The lowest BCUT2D eigenvalue weighted by Crippen LogP contribution is -2.16. The summed E-state index contributed by atoms with van der Waals surface area (Å²) in [5, 5.41) is 8.74. The average Bonchev–Trinajstić information content (AvgIpc) is 2.66. The first-order chi connectivity index (χ1) is 13.2. The molecule has 0 heterocycles. The average molecular weight is 375 g/mol. The van der Waals surface area contributed by atoms with Crippen LogP contribution in [-0.2, 0) is 9.53 Å². The van der Waals surface area contributed by atoms with Gasteiger partial charge in [0.05, 0.1) is 12.5 Å². The maximum atomic E-state index is 10.6. The molecule has 3 nitrogen and oxygen atoms in total. The van der Waals surface area contributed by atoms with Crippen molar-refractivity contribution in [2.24, 2.45) is 5.92 Å². The number of carbonyl (C=O) groups is 1. The van der Waals surface area contributed by atoms with Gasteiger partial charge in [0.15, 0.2) is 0 Å². The predicted molar refractivity (Wildman–Crippen MR) is 116 cm³/mol. The van der Waals surface area contributed by atoms with Crippen molar-refractivity contribution < 1.29 is 14.6 Å². The van der Waals surface area contributed by atoms with E-state index in [9.17, 15) is 4.79 Å². The van der Waals surface area contributed by atoms with Gasteiger partial charge in [0.1, 0.15) is 0 Å². The second kappa shape index (κ2) is 20.4. The fourth-order valence-corrected chi connectivity index (χ4v) is 2.17. The molecule has 0 saturated carbocycles. The molecule has 0 aromatic rings. The molecule has 152 valence electrons. The Bertz CT molecular complexity index is 484. The third-order valence-electron chi connectivity index (χ3n) is 3.86. The van der Waals surface area contributed by atoms with E-state index < -0.39 is 11.9 Å². The second-order valence-corrected chi connectivity index (χ2v) is 6.52. The van der Waals surface area contributed by atoms with Crippen molar-refractivity contribution in [3.63, 3.8) is 0 Å². The molecule has 27 heavy (non-hydrogen) atoms. The summed E-state index contributed by atoms with van der Waals surface area (Å²) in [6, 6.07) is 0. The van der Waals surface area contributed by atoms with Crippen LogP contribution in [0.4, 0.5) is 0 Å². The predicted octanol–water partition coefficient (Wildman–Crippen LogP) is 6.65. The number of carboxylic acids is 1. The minimum atomic E-state index is -0.797. The Hall–Kier alpha value is -1.87. The number of rotatable bonds is 17. The molecule has 0 aliphatic heterocycles. The summed E-state index contributed by atoms with van der Waals surface area (Å²) >= 11 is 0. The molecule has 1 unspecified atom stereocenters. The molecule has 3 heteroatoms. The van der Waals surface area contributed by atoms with Gasteiger partial charge >= 0.3 is 5.97 Å². The highest BCUT2D eigenvalue weighted by molar-refractivity contribution is 5.69. The molecule has 0 rings (SSSR count). The van der Waals surface area contributed by atoms with Crippen molar-refractivity contribution in [3.8, 4) is 0 Å². The first kappa shape index (κ1) is 25.1. The number of carboxylic acid groups (broad SMARTS) is 1. The number of unbranched alkanes of at least 4 members (excludes halogenated alkanes) is 2. The molecule has 0 bridgehead atoms. The van der Waals surface area contributed by atoms with E-state index in [0.717, 1.165) is 51.4 Å². The quantitative estimate of drug-likeness (QED) is 0.229. The molecule has 0 aliphatic rings. The fraction of sp³-hybridized carbons (Fsp3) is 0.542. The van der Waals surface area contributed by atoms with Crippen LogP contribution in [-0.4, -0.2) is 24.3 Å². The van der Waals surface area contributed by atoms with E-state index in [1.165, 1.54) is 0 Å². The SMILES string of the molecule is CC/C=C\C/C=C\C/C=C\C/C=C\C/C=C\CCCCOCC(C)C(=O)O. The fourth-order valence-electron chi connectivity index (χ4n) is 2.17. The molecule has 0 fully saturated rings. The Labute approximate surface area is 166 Å². The van der Waals surface area contributed by atoms with Crippen LogP contribution in [0.25, 0.3) is 0 Å². The normalized spacial score (nSPS) is 13.9. The molecule has 0 aliphatic carbocycles. The zero-order valence-corrected chi connectivity index (χ0v) is 17.2. The summed E-state index contributed by atoms with van der Waals surface area (Å²) < 4.78 is 5.36. The van der Waals surface area contributed by atoms with E-state index in [-0.39, 0.29) is 0 Å². The van der Waals surface area contributed by atoms with Crippen molar-refractivity contribution >= 4 is 5.97 Å². The summed E-state index contributed by atoms with van der Waals surface area (Å²) in [7, 11) is 0. The lowest BCUT2D eigenvalue weighted by Gasteiger charge is -2.06. The van der Waals surface area contributed by atoms with E-state index in [4.69, 9.17) is 9.84 Å². The number of aliphatic carboxylic acids is 1. The highest BCUT2D eigenvalue weighted by Gasteiger charge is 2.09. The van der Waals surface area contributed by atoms with Crippen LogP contribution in [0.15, 0.2) is 60.8 Å². The topological polar surface area (TPSA) is 46.5 Å². The Kier molecular flexibility index (Phi) is 19.0. The number of ether oxygens (including phenoxy) is 1. The first-order valence-electron chi connectivity index (χ1n) is 10.2. The lowest BCUT2D eigenvalue weighted by atomic mass is 10.2. The Morgan fingerprint density at radius 1 is 0.815 bits per heavy atom. The van der Waals surface area contributed by atoms with E-state index in [0.29, 0.717) is 13.2 Å². The Balaban J connectivity index is 3.44. The van der Waals surface area contributed by atoms with Crippen molar-refractivity contribution in [3.05, 3.63) is 60.8 Å². The number of allylic oxidation sites excluding steroid dienone is 10. The lowest BCUT2D eigenvalue weighted by molar-refractivity contribution is -0.143. The van der Waals surface area contributed by atoms with E-state index in [1.807, 2.05) is 0 Å². The van der Waals surface area contributed by atoms with Gasteiger partial charge in [-0.15, -0.1) is 0 Å². The van der Waals surface area contributed by atoms with Gasteiger partial charge in [-0.1, -0.05) is 67.7 Å². The molecule has 0 radical (unpaired) electrons. The van der Waals surface area contributed by atoms with Gasteiger partial charge in [-0.05, 0) is 58.3 Å². The van der Waals surface area contributed by atoms with Crippen molar-refractivity contribution in [2.75, 3.05) is 13.2 Å². The van der Waals surface area contributed by atoms with Crippen LogP contribution < -0.4 is 0 Å². The van der Waals surface area contributed by atoms with Crippen LogP contribution in [0.3, 0.4) is 0 Å². The molecule has 0 aromatic carbocycles. The first-order valence-corrected chi connectivity index (χ1v) is 10.2. The van der Waals surface area contributed by atoms with Crippen LogP contribution >= 0.6 is 0 Å². The summed E-state index contributed by atoms with van der Waals surface area (Å²) in [6.07, 6.45) is 30.2. The van der Waals surface area contributed by atoms with Gasteiger partial charge in [-0.2, -0.15) is 0 Å². The summed E-state index contributed by atoms with van der Waals surface area (Å²) in [5.74, 6) is -1.22. The maximum absolute atomic E-state index is 10.6. The third-order valence-corrected chi connectivity index (χ3v) is 3.86. The summed E-state index contributed by atoms with van der Waals surface area (Å²) in [5.41, 5.74) is 0. The highest BCUT2D eigenvalue weighted by atomic mass is 16.5. The summed E-state index contributed by atoms with van der Waals surface area (Å²) in [6.45, 7) is 4.76. The minimum absolute atomic E-state index is 0.303. The maximum Gasteiger partial charge on any atom is 0.308 e. The van der Waals surface area contributed by atoms with Gasteiger partial charge in [0.25, 0.3) is 0 Å². The van der Waals surface area contributed by atoms with Gasteiger partial charge in [-0.3, -0.25) is 4.79 Å². The van der Waals surface area contributed by atoms with Crippen LogP contribution in [0.1, 0.15) is 65.2 Å². The monoisotopic (exact) mass is 374 g/mol. The summed E-state index contributed by atoms with van der Waals surface area (Å²) in [4.78, 5) is 10.6. The van der Waals surface area contributed by atoms with E-state index in [1.54, 1.807) is 6.92 Å². The van der Waals surface area contributed by atoms with Crippen molar-refractivity contribution in [1.29, 1.82) is 0 Å². The molecule has 0 amide bonds. The molecule has 1 N–H and O–H groups in total. The molecular formula is C24H38O3. The standard InChI is InChI=1S/C24H38O3/c1-3-4-5-6-7-8-9-10-11-12-13-14-15-16-17-18-19-20-21-27-22-23(2)24(25)26/h4-5,7-8,10-11,13-14,16-17,23H,3,6,9,12,15,18-22H2,1-2H3,(H,25,26)/b5-4-,8-7-,11-10-,14-13-,17-16-. The molecule has 0 aromatic heterocycles. The van der Waals surface area contributed by atoms with Crippen LogP contribution in [0.2, 0.25) is 0 Å². The Morgan fingerprint density at radius 2 is 1.30 bits per heavy atom. The number of hydrogen-bond acceptors (Lipinski definition) is 2. The smallest absolute Gasteiger partial charge is 0.308 e. The zero-order chi connectivity index (χ0) is 20.0. The van der Waals surface area contributed by atoms with Gasteiger partial charge in [0.2, 0.25) is 0 Å². The van der Waals surface area contributed by atoms with Gasteiger partial charge < -0.3 is 9.84 Å². The van der Waals surface area contributed by atoms with Gasteiger partial charge in [-0.25, -0.2) is 0 Å². The zero-order valence-electron chi connectivity index (χ0n) is 17.2. The van der Waals surface area contributed by atoms with Gasteiger partial charge in [0, 0.05) is 6.61 Å². The largest absolute Gasteiger partial charge is 0.481 e.